The summed E-state index contributed by atoms with van der Waals surface area (Å²) in [5, 5.41) is 3.40. The maximum Gasteiger partial charge on any atom is 0.261 e. The predicted molar refractivity (Wildman–Crippen MR) is 105 cm³/mol. The summed E-state index contributed by atoms with van der Waals surface area (Å²) in [5.41, 5.74) is 1.59. The number of hydrogen-bond acceptors (Lipinski definition) is 3. The summed E-state index contributed by atoms with van der Waals surface area (Å²) in [4.78, 5) is 12.4. The fraction of sp³-hybridized carbons (Fsp3) is 0.316. The molecule has 2 aromatic carbocycles. The van der Waals surface area contributed by atoms with Gasteiger partial charge in [-0.3, -0.25) is 9.52 Å². The van der Waals surface area contributed by atoms with Gasteiger partial charge in [0.15, 0.2) is 0 Å². The number of halogens is 1. The molecular weight excluding hydrogens is 372 g/mol. The molecular formula is C19H23ClN2O3S. The predicted octanol–water partition coefficient (Wildman–Crippen LogP) is 4.37. The summed E-state index contributed by atoms with van der Waals surface area (Å²) in [6, 6.07) is 10.9. The Kier molecular flexibility index (Phi) is 6.67. The third-order valence-corrected chi connectivity index (χ3v) is 5.59. The normalized spacial score (nSPS) is 12.5. The summed E-state index contributed by atoms with van der Waals surface area (Å²) in [6.07, 6.45) is 1.90. The summed E-state index contributed by atoms with van der Waals surface area (Å²) >= 11 is 5.80. The molecule has 0 saturated carbocycles. The molecule has 0 aliphatic heterocycles. The molecule has 7 heteroatoms. The van der Waals surface area contributed by atoms with E-state index < -0.39 is 10.0 Å². The van der Waals surface area contributed by atoms with Gasteiger partial charge in [-0.25, -0.2) is 8.42 Å². The molecule has 1 atom stereocenters. The van der Waals surface area contributed by atoms with Crippen LogP contribution in [0, 0.1) is 6.92 Å². The van der Waals surface area contributed by atoms with Crippen molar-refractivity contribution in [3.8, 4) is 0 Å². The zero-order chi connectivity index (χ0) is 19.3. The fourth-order valence-electron chi connectivity index (χ4n) is 2.55. The molecule has 0 spiro atoms. The lowest BCUT2D eigenvalue weighted by Gasteiger charge is -2.15. The number of aryl methyl sites for hydroxylation is 1. The van der Waals surface area contributed by atoms with Gasteiger partial charge < -0.3 is 5.32 Å². The molecule has 0 aromatic heterocycles. The molecule has 1 amide bonds. The molecule has 2 N–H and O–H groups in total. The first-order valence-corrected chi connectivity index (χ1v) is 10.3. The Bertz CT molecular complexity index is 880. The van der Waals surface area contributed by atoms with Crippen LogP contribution in [0.5, 0.6) is 0 Å². The molecule has 0 heterocycles. The van der Waals surface area contributed by atoms with Gasteiger partial charge in [-0.05, 0) is 68.3 Å². The lowest BCUT2D eigenvalue weighted by molar-refractivity contribution is 0.0938. The highest BCUT2D eigenvalue weighted by atomic mass is 35.5. The van der Waals surface area contributed by atoms with Crippen molar-refractivity contribution in [2.24, 2.45) is 0 Å². The van der Waals surface area contributed by atoms with Crippen molar-refractivity contribution < 1.29 is 13.2 Å². The van der Waals surface area contributed by atoms with E-state index in [9.17, 15) is 13.2 Å². The summed E-state index contributed by atoms with van der Waals surface area (Å²) in [6.45, 7) is 5.78. The van der Waals surface area contributed by atoms with E-state index in [4.69, 9.17) is 11.6 Å². The second-order valence-electron chi connectivity index (χ2n) is 6.25. The van der Waals surface area contributed by atoms with Gasteiger partial charge in [0.2, 0.25) is 0 Å². The van der Waals surface area contributed by atoms with Crippen LogP contribution in [0.25, 0.3) is 0 Å². The Balaban J connectivity index is 2.16. The van der Waals surface area contributed by atoms with Crippen molar-refractivity contribution in [3.63, 3.8) is 0 Å². The first-order valence-electron chi connectivity index (χ1n) is 8.43. The number of benzene rings is 2. The van der Waals surface area contributed by atoms with Crippen LogP contribution in [0.1, 0.15) is 42.6 Å². The number of rotatable bonds is 7. The van der Waals surface area contributed by atoms with Crippen LogP contribution in [-0.4, -0.2) is 20.4 Å². The topological polar surface area (TPSA) is 75.3 Å². The lowest BCUT2D eigenvalue weighted by atomic mass is 10.1. The first-order chi connectivity index (χ1) is 12.2. The van der Waals surface area contributed by atoms with Crippen molar-refractivity contribution in [1.82, 2.24) is 5.32 Å². The second kappa shape index (κ2) is 8.56. The van der Waals surface area contributed by atoms with E-state index in [2.05, 4.69) is 17.0 Å². The van der Waals surface area contributed by atoms with E-state index in [1.165, 1.54) is 24.3 Å². The number of carbonyl (C=O) groups is 1. The number of nitrogens with one attached hydrogen (secondary N) is 2. The Morgan fingerprint density at radius 1 is 1.15 bits per heavy atom. The largest absolute Gasteiger partial charge is 0.350 e. The maximum absolute atomic E-state index is 12.5. The highest BCUT2D eigenvalue weighted by molar-refractivity contribution is 7.92. The minimum atomic E-state index is -3.72. The lowest BCUT2D eigenvalue weighted by Crippen LogP contribution is -2.32. The molecule has 0 bridgehead atoms. The minimum Gasteiger partial charge on any atom is -0.350 e. The van der Waals surface area contributed by atoms with E-state index in [0.29, 0.717) is 21.8 Å². The minimum absolute atomic E-state index is 0.0934. The number of hydrogen-bond donors (Lipinski definition) is 2. The first kappa shape index (κ1) is 20.3. The van der Waals surface area contributed by atoms with Crippen LogP contribution in [0.15, 0.2) is 47.4 Å². The van der Waals surface area contributed by atoms with Crippen LogP contribution in [-0.2, 0) is 10.0 Å². The molecule has 0 fully saturated rings. The maximum atomic E-state index is 12.5. The van der Waals surface area contributed by atoms with Crippen LogP contribution in [0.3, 0.4) is 0 Å². The average molecular weight is 395 g/mol. The Morgan fingerprint density at radius 3 is 2.38 bits per heavy atom. The van der Waals surface area contributed by atoms with Gasteiger partial charge in [0.25, 0.3) is 15.9 Å². The number of sulfonamides is 1. The van der Waals surface area contributed by atoms with E-state index in [1.54, 1.807) is 25.1 Å². The molecule has 2 aromatic rings. The number of anilines is 1. The highest BCUT2D eigenvalue weighted by Crippen LogP contribution is 2.22. The molecule has 2 rings (SSSR count). The SMILES string of the molecule is CCCC(C)NC(=O)c1ccc(NS(=O)(=O)c2ccc(Cl)cc2)c(C)c1. The standard InChI is InChI=1S/C19H23ClN2O3S/c1-4-5-14(3)21-19(23)15-6-11-18(13(2)12-15)22-26(24,25)17-9-7-16(20)8-10-17/h6-12,14,22H,4-5H2,1-3H3,(H,21,23). The molecule has 5 nitrogen and oxygen atoms in total. The van der Waals surface area contributed by atoms with Crippen LogP contribution in [0.4, 0.5) is 5.69 Å². The van der Waals surface area contributed by atoms with Gasteiger partial charge in [0.05, 0.1) is 10.6 Å². The highest BCUT2D eigenvalue weighted by Gasteiger charge is 2.16. The van der Waals surface area contributed by atoms with E-state index in [0.717, 1.165) is 12.8 Å². The Labute approximate surface area is 159 Å². The number of carbonyl (C=O) groups excluding carboxylic acids is 1. The quantitative estimate of drug-likeness (QED) is 0.732. The Morgan fingerprint density at radius 2 is 1.81 bits per heavy atom. The van der Waals surface area contributed by atoms with E-state index >= 15 is 0 Å². The van der Waals surface area contributed by atoms with Crippen molar-refractivity contribution in [2.45, 2.75) is 44.6 Å². The molecule has 0 saturated heterocycles. The van der Waals surface area contributed by atoms with Gasteiger partial charge in [0.1, 0.15) is 0 Å². The summed E-state index contributed by atoms with van der Waals surface area (Å²) < 4.78 is 27.5. The van der Waals surface area contributed by atoms with E-state index in [-0.39, 0.29) is 16.8 Å². The van der Waals surface area contributed by atoms with Crippen LogP contribution in [0.2, 0.25) is 5.02 Å². The monoisotopic (exact) mass is 394 g/mol. The molecule has 140 valence electrons. The molecule has 1 unspecified atom stereocenters. The van der Waals surface area contributed by atoms with E-state index in [1.807, 2.05) is 6.92 Å². The third kappa shape index (κ3) is 5.22. The fourth-order valence-corrected chi connectivity index (χ4v) is 3.81. The molecule has 0 aliphatic carbocycles. The van der Waals surface area contributed by atoms with Gasteiger partial charge in [-0.15, -0.1) is 0 Å². The van der Waals surface area contributed by atoms with Gasteiger partial charge in [0, 0.05) is 16.6 Å². The zero-order valence-corrected chi connectivity index (χ0v) is 16.6. The van der Waals surface area contributed by atoms with Crippen molar-refractivity contribution in [1.29, 1.82) is 0 Å². The second-order valence-corrected chi connectivity index (χ2v) is 8.37. The molecule has 0 aliphatic rings. The van der Waals surface area contributed by atoms with Crippen LogP contribution >= 0.6 is 11.6 Å². The number of amides is 1. The average Bonchev–Trinajstić information content (AvgIpc) is 2.57. The summed E-state index contributed by atoms with van der Waals surface area (Å²) in [7, 11) is -3.72. The van der Waals surface area contributed by atoms with Gasteiger partial charge in [-0.1, -0.05) is 24.9 Å². The third-order valence-electron chi connectivity index (χ3n) is 3.96. The van der Waals surface area contributed by atoms with Crippen molar-refractivity contribution in [2.75, 3.05) is 4.72 Å². The molecule has 0 radical (unpaired) electrons. The van der Waals surface area contributed by atoms with Crippen molar-refractivity contribution >= 4 is 33.2 Å². The molecule has 26 heavy (non-hydrogen) atoms. The van der Waals surface area contributed by atoms with Crippen molar-refractivity contribution in [3.05, 3.63) is 58.6 Å². The van der Waals surface area contributed by atoms with Gasteiger partial charge in [-0.2, -0.15) is 0 Å². The van der Waals surface area contributed by atoms with Gasteiger partial charge >= 0.3 is 0 Å². The summed E-state index contributed by atoms with van der Waals surface area (Å²) in [5.74, 6) is -0.166. The zero-order valence-electron chi connectivity index (χ0n) is 15.0. The smallest absolute Gasteiger partial charge is 0.261 e. The Hall–Kier alpha value is -2.05. The van der Waals surface area contributed by atoms with Crippen LogP contribution < -0.4 is 10.0 Å².